The van der Waals surface area contributed by atoms with E-state index >= 15 is 0 Å². The molecule has 2 fully saturated rings. The first-order valence-corrected chi connectivity index (χ1v) is 11.2. The SMILES string of the molecule is CCCOc1cccc(CN=C(NCC)NC2CCN(C(=O)C3CCCC3)C2)c1.I. The van der Waals surface area contributed by atoms with Crippen LogP contribution in [-0.4, -0.2) is 49.0 Å². The molecule has 1 saturated carbocycles. The average molecular weight is 528 g/mol. The number of rotatable bonds is 8. The molecule has 1 amide bonds. The molecule has 3 rings (SSSR count). The second kappa shape index (κ2) is 13.0. The van der Waals surface area contributed by atoms with E-state index < -0.39 is 0 Å². The Morgan fingerprint density at radius 2 is 2.03 bits per heavy atom. The van der Waals surface area contributed by atoms with Crippen molar-refractivity contribution in [2.75, 3.05) is 26.2 Å². The standard InChI is InChI=1S/C23H36N4O2.HI/c1-3-14-29-21-11-7-8-18(15-21)16-25-23(24-4-2)26-20-12-13-27(17-20)22(28)19-9-5-6-10-19;/h7-8,11,15,19-20H,3-6,9-10,12-14,16-17H2,1-2H3,(H2,24,25,26);1H. The van der Waals surface area contributed by atoms with Crippen LogP contribution in [0.3, 0.4) is 0 Å². The molecule has 2 N–H and O–H groups in total. The Morgan fingerprint density at radius 3 is 2.77 bits per heavy atom. The fraction of sp³-hybridized carbons (Fsp3) is 0.652. The molecule has 0 aromatic heterocycles. The molecule has 1 unspecified atom stereocenters. The van der Waals surface area contributed by atoms with Gasteiger partial charge in [0.05, 0.1) is 13.2 Å². The zero-order valence-electron chi connectivity index (χ0n) is 18.4. The molecule has 1 aromatic rings. The van der Waals surface area contributed by atoms with Crippen LogP contribution in [0.2, 0.25) is 0 Å². The quantitative estimate of drug-likeness (QED) is 0.305. The molecule has 1 heterocycles. The van der Waals surface area contributed by atoms with Crippen LogP contribution in [0.5, 0.6) is 5.75 Å². The Morgan fingerprint density at radius 1 is 1.23 bits per heavy atom. The summed E-state index contributed by atoms with van der Waals surface area (Å²) in [4.78, 5) is 19.5. The van der Waals surface area contributed by atoms with Crippen molar-refractivity contribution in [1.82, 2.24) is 15.5 Å². The summed E-state index contributed by atoms with van der Waals surface area (Å²) in [6, 6.07) is 8.39. The van der Waals surface area contributed by atoms with Crippen LogP contribution in [-0.2, 0) is 11.3 Å². The van der Waals surface area contributed by atoms with Crippen molar-refractivity contribution in [3.05, 3.63) is 29.8 Å². The maximum Gasteiger partial charge on any atom is 0.225 e. The van der Waals surface area contributed by atoms with E-state index in [0.29, 0.717) is 12.5 Å². The number of hydrogen-bond donors (Lipinski definition) is 2. The third kappa shape index (κ3) is 7.32. The monoisotopic (exact) mass is 528 g/mol. The van der Waals surface area contributed by atoms with Gasteiger partial charge in [-0.15, -0.1) is 24.0 Å². The first-order chi connectivity index (χ1) is 14.2. The minimum absolute atomic E-state index is 0. The summed E-state index contributed by atoms with van der Waals surface area (Å²) < 4.78 is 5.72. The highest BCUT2D eigenvalue weighted by Gasteiger charge is 2.32. The van der Waals surface area contributed by atoms with Gasteiger partial charge in [0.25, 0.3) is 0 Å². The number of nitrogens with one attached hydrogen (secondary N) is 2. The van der Waals surface area contributed by atoms with Gasteiger partial charge in [-0.1, -0.05) is 31.9 Å². The highest BCUT2D eigenvalue weighted by Crippen LogP contribution is 2.27. The number of carbonyl (C=O) groups is 1. The van der Waals surface area contributed by atoms with E-state index in [1.165, 1.54) is 12.8 Å². The molecule has 1 aromatic carbocycles. The fourth-order valence-electron chi connectivity index (χ4n) is 4.15. The van der Waals surface area contributed by atoms with E-state index in [9.17, 15) is 4.79 Å². The maximum absolute atomic E-state index is 12.7. The van der Waals surface area contributed by atoms with Crippen LogP contribution in [0.4, 0.5) is 0 Å². The van der Waals surface area contributed by atoms with Gasteiger partial charge in [0.2, 0.25) is 5.91 Å². The van der Waals surface area contributed by atoms with Crippen LogP contribution in [0.25, 0.3) is 0 Å². The van der Waals surface area contributed by atoms with Crippen molar-refractivity contribution >= 4 is 35.8 Å². The largest absolute Gasteiger partial charge is 0.494 e. The predicted octanol–water partition coefficient (Wildman–Crippen LogP) is 3.94. The number of aliphatic imine (C=N–C) groups is 1. The summed E-state index contributed by atoms with van der Waals surface area (Å²) >= 11 is 0. The van der Waals surface area contributed by atoms with Crippen molar-refractivity contribution in [2.24, 2.45) is 10.9 Å². The third-order valence-electron chi connectivity index (χ3n) is 5.68. The molecule has 0 bridgehead atoms. The van der Waals surface area contributed by atoms with Gasteiger partial charge in [-0.2, -0.15) is 0 Å². The molecule has 1 saturated heterocycles. The predicted molar refractivity (Wildman–Crippen MR) is 133 cm³/mol. The number of likely N-dealkylation sites (tertiary alicyclic amines) is 1. The van der Waals surface area contributed by atoms with Crippen LogP contribution in [0.15, 0.2) is 29.3 Å². The molecular weight excluding hydrogens is 491 g/mol. The number of halogens is 1. The topological polar surface area (TPSA) is 66.0 Å². The number of ether oxygens (including phenoxy) is 1. The van der Waals surface area contributed by atoms with Crippen molar-refractivity contribution in [2.45, 2.75) is 65.0 Å². The maximum atomic E-state index is 12.7. The third-order valence-corrected chi connectivity index (χ3v) is 5.68. The number of amides is 1. The minimum atomic E-state index is 0. The molecule has 2 aliphatic rings. The normalized spacial score (nSPS) is 19.5. The molecule has 7 heteroatoms. The number of guanidine groups is 1. The lowest BCUT2D eigenvalue weighted by Gasteiger charge is -2.21. The first kappa shape index (κ1) is 24.8. The zero-order valence-corrected chi connectivity index (χ0v) is 20.7. The van der Waals surface area contributed by atoms with Gasteiger partial charge in [0, 0.05) is 31.6 Å². The van der Waals surface area contributed by atoms with Crippen LogP contribution < -0.4 is 15.4 Å². The highest BCUT2D eigenvalue weighted by atomic mass is 127. The number of benzene rings is 1. The summed E-state index contributed by atoms with van der Waals surface area (Å²) in [7, 11) is 0. The summed E-state index contributed by atoms with van der Waals surface area (Å²) in [5, 5.41) is 6.86. The van der Waals surface area contributed by atoms with E-state index in [1.807, 2.05) is 17.0 Å². The second-order valence-electron chi connectivity index (χ2n) is 8.09. The van der Waals surface area contributed by atoms with Crippen molar-refractivity contribution in [1.29, 1.82) is 0 Å². The Labute approximate surface area is 198 Å². The molecular formula is C23H37IN4O2. The summed E-state index contributed by atoms with van der Waals surface area (Å²) in [5.41, 5.74) is 1.13. The highest BCUT2D eigenvalue weighted by molar-refractivity contribution is 14.0. The van der Waals surface area contributed by atoms with Gasteiger partial charge in [0.1, 0.15) is 5.75 Å². The molecule has 168 valence electrons. The van der Waals surface area contributed by atoms with Crippen LogP contribution in [0.1, 0.15) is 57.9 Å². The molecule has 0 radical (unpaired) electrons. The van der Waals surface area contributed by atoms with E-state index in [4.69, 9.17) is 9.73 Å². The lowest BCUT2D eigenvalue weighted by atomic mass is 10.1. The Balaban J connectivity index is 0.00000320. The lowest BCUT2D eigenvalue weighted by Crippen LogP contribution is -2.45. The average Bonchev–Trinajstić information content (AvgIpc) is 3.43. The van der Waals surface area contributed by atoms with Crippen LogP contribution in [0, 0.1) is 5.92 Å². The second-order valence-corrected chi connectivity index (χ2v) is 8.09. The van der Waals surface area contributed by atoms with E-state index in [1.54, 1.807) is 0 Å². The summed E-state index contributed by atoms with van der Waals surface area (Å²) in [5.74, 6) is 2.33. The van der Waals surface area contributed by atoms with Crippen molar-refractivity contribution in [3.63, 3.8) is 0 Å². The number of hydrogen-bond acceptors (Lipinski definition) is 3. The Bertz CT molecular complexity index is 692. The lowest BCUT2D eigenvalue weighted by molar-refractivity contribution is -0.134. The van der Waals surface area contributed by atoms with Gasteiger partial charge in [-0.05, 0) is 50.3 Å². The first-order valence-electron chi connectivity index (χ1n) is 11.2. The van der Waals surface area contributed by atoms with Gasteiger partial charge >= 0.3 is 0 Å². The van der Waals surface area contributed by atoms with Crippen molar-refractivity contribution in [3.8, 4) is 5.75 Å². The van der Waals surface area contributed by atoms with E-state index in [-0.39, 0.29) is 35.9 Å². The minimum Gasteiger partial charge on any atom is -0.494 e. The Kier molecular flexibility index (Phi) is 10.7. The van der Waals surface area contributed by atoms with Gasteiger partial charge in [-0.3, -0.25) is 4.79 Å². The summed E-state index contributed by atoms with van der Waals surface area (Å²) in [6.07, 6.45) is 6.51. The van der Waals surface area contributed by atoms with E-state index in [2.05, 4.69) is 36.6 Å². The van der Waals surface area contributed by atoms with E-state index in [0.717, 1.165) is 69.2 Å². The number of carbonyl (C=O) groups excluding carboxylic acids is 1. The number of nitrogens with zero attached hydrogens (tertiary/aromatic N) is 2. The van der Waals surface area contributed by atoms with Crippen molar-refractivity contribution < 1.29 is 9.53 Å². The smallest absolute Gasteiger partial charge is 0.225 e. The summed E-state index contributed by atoms with van der Waals surface area (Å²) in [6.45, 7) is 7.94. The molecule has 0 spiro atoms. The molecule has 1 atom stereocenters. The molecule has 1 aliphatic carbocycles. The van der Waals surface area contributed by atoms with Crippen LogP contribution >= 0.6 is 24.0 Å². The van der Waals surface area contributed by atoms with Gasteiger partial charge in [0.15, 0.2) is 5.96 Å². The molecule has 30 heavy (non-hydrogen) atoms. The van der Waals surface area contributed by atoms with Gasteiger partial charge < -0.3 is 20.3 Å². The Hall–Kier alpha value is -1.51. The van der Waals surface area contributed by atoms with Gasteiger partial charge in [-0.25, -0.2) is 4.99 Å². The molecule has 1 aliphatic heterocycles. The fourth-order valence-corrected chi connectivity index (χ4v) is 4.15. The molecule has 6 nitrogen and oxygen atoms in total. The zero-order chi connectivity index (χ0) is 20.5.